The second-order valence-corrected chi connectivity index (χ2v) is 6.76. The molecule has 2 amide bonds. The monoisotopic (exact) mass is 327 g/mol. The van der Waals surface area contributed by atoms with E-state index >= 15 is 0 Å². The number of hydrogen-bond donors (Lipinski definition) is 1. The summed E-state index contributed by atoms with van der Waals surface area (Å²) < 4.78 is 5.85. The second kappa shape index (κ2) is 5.63. The third-order valence-electron chi connectivity index (χ3n) is 5.23. The van der Waals surface area contributed by atoms with Crippen LogP contribution in [-0.2, 0) is 9.53 Å². The van der Waals surface area contributed by atoms with Gasteiger partial charge < -0.3 is 19.5 Å². The van der Waals surface area contributed by atoms with Crippen LogP contribution >= 0.6 is 0 Å². The summed E-state index contributed by atoms with van der Waals surface area (Å²) in [5.41, 5.74) is 1.31. The van der Waals surface area contributed by atoms with Crippen LogP contribution in [0.1, 0.15) is 23.2 Å². The van der Waals surface area contributed by atoms with Crippen molar-refractivity contribution >= 4 is 22.7 Å². The number of amides is 2. The molecule has 0 radical (unpaired) electrons. The molecule has 0 bridgehead atoms. The summed E-state index contributed by atoms with van der Waals surface area (Å²) in [4.78, 5) is 31.3. The van der Waals surface area contributed by atoms with E-state index in [0.29, 0.717) is 25.2 Å². The Hall–Kier alpha value is -2.34. The number of benzene rings is 1. The largest absolute Gasteiger partial charge is 0.363 e. The van der Waals surface area contributed by atoms with E-state index in [1.807, 2.05) is 42.4 Å². The van der Waals surface area contributed by atoms with Crippen molar-refractivity contribution in [3.05, 3.63) is 36.0 Å². The van der Waals surface area contributed by atoms with Gasteiger partial charge in [0.25, 0.3) is 5.91 Å². The van der Waals surface area contributed by atoms with Gasteiger partial charge in [-0.1, -0.05) is 12.1 Å². The first-order chi connectivity index (χ1) is 11.6. The van der Waals surface area contributed by atoms with Crippen LogP contribution in [0.2, 0.25) is 0 Å². The molecule has 0 aliphatic carbocycles. The highest BCUT2D eigenvalue weighted by Crippen LogP contribution is 2.31. The zero-order valence-corrected chi connectivity index (χ0v) is 13.7. The maximum atomic E-state index is 12.9. The number of para-hydroxylation sites is 1. The zero-order chi connectivity index (χ0) is 16.7. The molecule has 1 aromatic heterocycles. The number of likely N-dealkylation sites (N-methyl/N-ethyl adjacent to an activating group) is 1. The molecule has 2 saturated heterocycles. The molecule has 3 heterocycles. The number of H-pyrrole nitrogens is 1. The van der Waals surface area contributed by atoms with Gasteiger partial charge in [-0.3, -0.25) is 9.59 Å². The molecular weight excluding hydrogens is 306 g/mol. The highest BCUT2D eigenvalue weighted by atomic mass is 16.5. The minimum atomic E-state index is -0.294. The maximum absolute atomic E-state index is 12.9. The summed E-state index contributed by atoms with van der Waals surface area (Å²) in [6.07, 6.45) is 3.38. The third-order valence-corrected chi connectivity index (χ3v) is 5.23. The van der Waals surface area contributed by atoms with Crippen LogP contribution in [0.15, 0.2) is 30.5 Å². The van der Waals surface area contributed by atoms with Crippen molar-refractivity contribution in [2.45, 2.75) is 18.4 Å². The number of morpholine rings is 1. The van der Waals surface area contributed by atoms with Gasteiger partial charge in [0, 0.05) is 38.3 Å². The van der Waals surface area contributed by atoms with E-state index in [-0.39, 0.29) is 24.0 Å². The summed E-state index contributed by atoms with van der Waals surface area (Å²) in [6.45, 7) is 2.06. The van der Waals surface area contributed by atoms with E-state index in [1.165, 1.54) is 0 Å². The van der Waals surface area contributed by atoms with Crippen molar-refractivity contribution in [2.75, 3.05) is 33.3 Å². The van der Waals surface area contributed by atoms with E-state index in [0.717, 1.165) is 23.7 Å². The predicted molar refractivity (Wildman–Crippen MR) is 89.8 cm³/mol. The Morgan fingerprint density at radius 3 is 2.79 bits per heavy atom. The summed E-state index contributed by atoms with van der Waals surface area (Å²) in [5.74, 6) is 0.0793. The number of aromatic nitrogens is 1. The van der Waals surface area contributed by atoms with Crippen molar-refractivity contribution in [3.63, 3.8) is 0 Å². The number of rotatable bonds is 1. The van der Waals surface area contributed by atoms with Crippen molar-refractivity contribution < 1.29 is 14.3 Å². The van der Waals surface area contributed by atoms with Gasteiger partial charge in [0.15, 0.2) is 0 Å². The van der Waals surface area contributed by atoms with Gasteiger partial charge >= 0.3 is 0 Å². The first-order valence-corrected chi connectivity index (χ1v) is 8.31. The van der Waals surface area contributed by atoms with Crippen LogP contribution in [0.3, 0.4) is 0 Å². The fraction of sp³-hybridized carbons (Fsp3) is 0.444. The maximum Gasteiger partial charge on any atom is 0.255 e. The van der Waals surface area contributed by atoms with Gasteiger partial charge in [-0.05, 0) is 25.0 Å². The van der Waals surface area contributed by atoms with Gasteiger partial charge in [-0.25, -0.2) is 0 Å². The molecule has 2 aliphatic heterocycles. The van der Waals surface area contributed by atoms with Crippen LogP contribution in [0, 0.1) is 0 Å². The number of carbonyl (C=O) groups excluding carboxylic acids is 2. The Labute approximate surface area is 140 Å². The van der Waals surface area contributed by atoms with E-state index < -0.39 is 0 Å². The summed E-state index contributed by atoms with van der Waals surface area (Å²) in [6, 6.07) is 7.76. The molecular formula is C18H21N3O3. The van der Waals surface area contributed by atoms with Crippen LogP contribution < -0.4 is 0 Å². The SMILES string of the molecule is CN1CC2(CCN(C(=O)c3cccc4cc[nH]c34)CC2)OCC1=O. The molecule has 2 fully saturated rings. The molecule has 1 aromatic carbocycles. The Morgan fingerprint density at radius 1 is 1.25 bits per heavy atom. The molecule has 4 rings (SSSR count). The van der Waals surface area contributed by atoms with Crippen molar-refractivity contribution in [2.24, 2.45) is 0 Å². The topological polar surface area (TPSA) is 65.6 Å². The minimum absolute atomic E-state index is 0.0255. The number of piperidine rings is 1. The first-order valence-electron chi connectivity index (χ1n) is 8.31. The predicted octanol–water partition coefficient (Wildman–Crippen LogP) is 1.63. The van der Waals surface area contributed by atoms with E-state index in [9.17, 15) is 9.59 Å². The smallest absolute Gasteiger partial charge is 0.255 e. The normalized spacial score (nSPS) is 20.8. The van der Waals surface area contributed by atoms with Crippen molar-refractivity contribution in [1.82, 2.24) is 14.8 Å². The number of aromatic amines is 1. The number of ether oxygens (including phenoxy) is 1. The fourth-order valence-corrected chi connectivity index (χ4v) is 3.74. The molecule has 126 valence electrons. The summed E-state index contributed by atoms with van der Waals surface area (Å²) in [7, 11) is 1.82. The molecule has 2 aromatic rings. The van der Waals surface area contributed by atoms with Crippen LogP contribution in [-0.4, -0.2) is 65.5 Å². The van der Waals surface area contributed by atoms with E-state index in [4.69, 9.17) is 4.74 Å². The molecule has 2 aliphatic rings. The highest BCUT2D eigenvalue weighted by Gasteiger charge is 2.42. The molecule has 1 spiro atoms. The summed E-state index contributed by atoms with van der Waals surface area (Å²) in [5, 5.41) is 1.05. The average Bonchev–Trinajstić information content (AvgIpc) is 3.07. The minimum Gasteiger partial charge on any atom is -0.363 e. The van der Waals surface area contributed by atoms with E-state index in [2.05, 4.69) is 4.98 Å². The lowest BCUT2D eigenvalue weighted by Gasteiger charge is -2.46. The summed E-state index contributed by atoms with van der Waals surface area (Å²) >= 11 is 0. The quantitative estimate of drug-likeness (QED) is 0.866. The lowest BCUT2D eigenvalue weighted by molar-refractivity contribution is -0.167. The average molecular weight is 327 g/mol. The van der Waals surface area contributed by atoms with E-state index in [1.54, 1.807) is 4.90 Å². The van der Waals surface area contributed by atoms with Crippen molar-refractivity contribution in [3.8, 4) is 0 Å². The molecule has 0 atom stereocenters. The van der Waals surface area contributed by atoms with Gasteiger partial charge in [0.1, 0.15) is 6.61 Å². The Bertz CT molecular complexity index is 790. The van der Waals surface area contributed by atoms with Crippen LogP contribution in [0.4, 0.5) is 0 Å². The van der Waals surface area contributed by atoms with Crippen molar-refractivity contribution in [1.29, 1.82) is 0 Å². The Kier molecular flexibility index (Phi) is 3.57. The van der Waals surface area contributed by atoms with Crippen LogP contribution in [0.5, 0.6) is 0 Å². The number of fused-ring (bicyclic) bond motifs is 1. The lowest BCUT2D eigenvalue weighted by Crippen LogP contribution is -2.58. The molecule has 6 nitrogen and oxygen atoms in total. The standard InChI is InChI=1S/C18H21N3O3/c1-20-12-18(24-11-15(20)22)6-9-21(10-7-18)17(23)14-4-2-3-13-5-8-19-16(13)14/h2-5,8,19H,6-7,9-12H2,1H3. The third kappa shape index (κ3) is 2.47. The number of carbonyl (C=O) groups is 2. The second-order valence-electron chi connectivity index (χ2n) is 6.76. The molecule has 1 N–H and O–H groups in total. The zero-order valence-electron chi connectivity index (χ0n) is 13.7. The van der Waals surface area contributed by atoms with Gasteiger partial charge in [-0.15, -0.1) is 0 Å². The Morgan fingerprint density at radius 2 is 2.04 bits per heavy atom. The van der Waals surface area contributed by atoms with Gasteiger partial charge in [0.2, 0.25) is 5.91 Å². The molecule has 0 unspecified atom stereocenters. The fourth-order valence-electron chi connectivity index (χ4n) is 3.74. The molecule has 6 heteroatoms. The number of nitrogens with one attached hydrogen (secondary N) is 1. The highest BCUT2D eigenvalue weighted by molar-refractivity contribution is 6.05. The van der Waals surface area contributed by atoms with Gasteiger partial charge in [-0.2, -0.15) is 0 Å². The van der Waals surface area contributed by atoms with Gasteiger partial charge in [0.05, 0.1) is 16.7 Å². The number of hydrogen-bond acceptors (Lipinski definition) is 3. The Balaban J connectivity index is 1.49. The van der Waals surface area contributed by atoms with Crippen LogP contribution in [0.25, 0.3) is 10.9 Å². The lowest BCUT2D eigenvalue weighted by atomic mass is 9.89. The first kappa shape index (κ1) is 15.2. The molecule has 0 saturated carbocycles. The molecule has 24 heavy (non-hydrogen) atoms. The number of likely N-dealkylation sites (tertiary alicyclic amines) is 1. The number of nitrogens with zero attached hydrogens (tertiary/aromatic N) is 2.